The number of anilines is 1. The van der Waals surface area contributed by atoms with E-state index in [0.717, 1.165) is 24.2 Å². The molecule has 1 fully saturated rings. The molecule has 1 saturated heterocycles. The Balaban J connectivity index is 2.08. The number of thioether (sulfide) groups is 1. The summed E-state index contributed by atoms with van der Waals surface area (Å²) in [6, 6.07) is 4.23. The van der Waals surface area contributed by atoms with E-state index in [4.69, 9.17) is 5.73 Å². The van der Waals surface area contributed by atoms with Crippen molar-refractivity contribution < 1.29 is 0 Å². The maximum absolute atomic E-state index is 5.94. The molecule has 2 unspecified atom stereocenters. The van der Waals surface area contributed by atoms with Crippen molar-refractivity contribution in [2.24, 2.45) is 5.73 Å². The van der Waals surface area contributed by atoms with Gasteiger partial charge in [-0.2, -0.15) is 11.8 Å². The Labute approximate surface area is 114 Å². The number of aromatic nitrogens is 1. The molecule has 1 aliphatic heterocycles. The fraction of sp³-hybridized carbons (Fsp3) is 0.643. The van der Waals surface area contributed by atoms with Crippen LogP contribution in [0.2, 0.25) is 0 Å². The van der Waals surface area contributed by atoms with Crippen molar-refractivity contribution in [3.8, 4) is 0 Å². The summed E-state index contributed by atoms with van der Waals surface area (Å²) in [6.45, 7) is 4.25. The molecular formula is C14H23N3S. The van der Waals surface area contributed by atoms with Gasteiger partial charge in [0.1, 0.15) is 5.82 Å². The van der Waals surface area contributed by atoms with E-state index in [9.17, 15) is 0 Å². The van der Waals surface area contributed by atoms with Crippen LogP contribution in [0.1, 0.15) is 37.8 Å². The lowest BCUT2D eigenvalue weighted by atomic mass is 10.1. The van der Waals surface area contributed by atoms with E-state index in [2.05, 4.69) is 22.2 Å². The summed E-state index contributed by atoms with van der Waals surface area (Å²) in [5.74, 6) is 1.09. The number of nitrogens with two attached hydrogens (primary N) is 1. The van der Waals surface area contributed by atoms with Crippen molar-refractivity contribution in [3.63, 3.8) is 0 Å². The van der Waals surface area contributed by atoms with Crippen molar-refractivity contribution in [1.82, 2.24) is 4.98 Å². The maximum atomic E-state index is 5.94. The minimum atomic E-state index is 0.0812. The molecule has 3 nitrogen and oxygen atoms in total. The van der Waals surface area contributed by atoms with Crippen LogP contribution >= 0.6 is 11.8 Å². The summed E-state index contributed by atoms with van der Waals surface area (Å²) in [6.07, 6.45) is 7.94. The van der Waals surface area contributed by atoms with Gasteiger partial charge in [-0.25, -0.2) is 4.98 Å². The van der Waals surface area contributed by atoms with E-state index in [-0.39, 0.29) is 6.04 Å². The molecule has 0 spiro atoms. The van der Waals surface area contributed by atoms with Gasteiger partial charge in [-0.05, 0) is 50.1 Å². The van der Waals surface area contributed by atoms with E-state index in [1.807, 2.05) is 30.9 Å². The van der Waals surface area contributed by atoms with Crippen molar-refractivity contribution >= 4 is 17.6 Å². The first kappa shape index (κ1) is 13.7. The molecule has 2 N–H and O–H groups in total. The Bertz CT molecular complexity index is 381. The number of pyridine rings is 1. The van der Waals surface area contributed by atoms with Gasteiger partial charge in [0.05, 0.1) is 0 Å². The Morgan fingerprint density at radius 3 is 3.00 bits per heavy atom. The second kappa shape index (κ2) is 6.43. The fourth-order valence-electron chi connectivity index (χ4n) is 2.42. The average Bonchev–Trinajstić information content (AvgIpc) is 2.64. The molecule has 0 aliphatic carbocycles. The van der Waals surface area contributed by atoms with Gasteiger partial charge in [-0.15, -0.1) is 0 Å². The quantitative estimate of drug-likeness (QED) is 0.912. The smallest absolute Gasteiger partial charge is 0.128 e. The Morgan fingerprint density at radius 2 is 2.28 bits per heavy atom. The van der Waals surface area contributed by atoms with Crippen LogP contribution in [0.5, 0.6) is 0 Å². The topological polar surface area (TPSA) is 42.1 Å². The zero-order chi connectivity index (χ0) is 13.0. The van der Waals surface area contributed by atoms with Gasteiger partial charge in [0.2, 0.25) is 0 Å². The molecule has 1 aromatic rings. The zero-order valence-electron chi connectivity index (χ0n) is 11.3. The van der Waals surface area contributed by atoms with Gasteiger partial charge in [0.15, 0.2) is 0 Å². The highest BCUT2D eigenvalue weighted by atomic mass is 32.2. The third-order valence-corrected chi connectivity index (χ3v) is 4.77. The number of rotatable bonds is 3. The molecular weight excluding hydrogens is 242 g/mol. The summed E-state index contributed by atoms with van der Waals surface area (Å²) >= 11 is 2.00. The summed E-state index contributed by atoms with van der Waals surface area (Å²) < 4.78 is 0. The third-order valence-electron chi connectivity index (χ3n) is 3.63. The van der Waals surface area contributed by atoms with Gasteiger partial charge < -0.3 is 10.6 Å². The molecule has 2 rings (SSSR count). The Morgan fingerprint density at radius 1 is 1.44 bits per heavy atom. The SMILES string of the molecule is CSC1CCCN(c2cc(C(C)N)ccn2)CC1. The van der Waals surface area contributed by atoms with Crippen molar-refractivity contribution in [2.75, 3.05) is 24.2 Å². The normalized spacial score (nSPS) is 22.6. The largest absolute Gasteiger partial charge is 0.357 e. The van der Waals surface area contributed by atoms with Gasteiger partial charge in [0, 0.05) is 30.6 Å². The number of hydrogen-bond acceptors (Lipinski definition) is 4. The molecule has 1 aliphatic rings. The van der Waals surface area contributed by atoms with Gasteiger partial charge >= 0.3 is 0 Å². The van der Waals surface area contributed by atoms with Crippen molar-refractivity contribution in [3.05, 3.63) is 23.9 Å². The lowest BCUT2D eigenvalue weighted by Crippen LogP contribution is -2.25. The monoisotopic (exact) mass is 265 g/mol. The summed E-state index contributed by atoms with van der Waals surface area (Å²) in [5, 5.41) is 0.812. The zero-order valence-corrected chi connectivity index (χ0v) is 12.1. The lowest BCUT2D eigenvalue weighted by molar-refractivity contribution is 0.745. The standard InChI is InChI=1S/C14H23N3S/c1-11(15)12-5-7-16-14(10-12)17-8-3-4-13(18-2)6-9-17/h5,7,10-11,13H,3-4,6,8-9,15H2,1-2H3. The van der Waals surface area contributed by atoms with Crippen LogP contribution in [-0.4, -0.2) is 29.6 Å². The summed E-state index contributed by atoms with van der Waals surface area (Å²) in [5.41, 5.74) is 7.11. The first-order valence-corrected chi connectivity index (χ1v) is 7.98. The predicted octanol–water partition coefficient (Wildman–Crippen LogP) is 2.82. The van der Waals surface area contributed by atoms with Gasteiger partial charge in [0.25, 0.3) is 0 Å². The van der Waals surface area contributed by atoms with Crippen LogP contribution in [-0.2, 0) is 0 Å². The molecule has 4 heteroatoms. The predicted molar refractivity (Wildman–Crippen MR) is 80.2 cm³/mol. The van der Waals surface area contributed by atoms with E-state index >= 15 is 0 Å². The molecule has 0 saturated carbocycles. The van der Waals surface area contributed by atoms with E-state index in [1.165, 1.54) is 24.8 Å². The van der Waals surface area contributed by atoms with E-state index in [1.54, 1.807) is 0 Å². The van der Waals surface area contributed by atoms with Crippen molar-refractivity contribution in [2.45, 2.75) is 37.5 Å². The highest BCUT2D eigenvalue weighted by molar-refractivity contribution is 7.99. The van der Waals surface area contributed by atoms with Crippen molar-refractivity contribution in [1.29, 1.82) is 0 Å². The fourth-order valence-corrected chi connectivity index (χ4v) is 3.16. The molecule has 0 radical (unpaired) electrons. The van der Waals surface area contributed by atoms with Gasteiger partial charge in [-0.1, -0.05) is 0 Å². The molecule has 0 aromatic carbocycles. The second-order valence-electron chi connectivity index (χ2n) is 5.01. The van der Waals surface area contributed by atoms with Gasteiger partial charge in [-0.3, -0.25) is 0 Å². The average molecular weight is 265 g/mol. The highest BCUT2D eigenvalue weighted by Crippen LogP contribution is 2.24. The second-order valence-corrected chi connectivity index (χ2v) is 6.15. The minimum Gasteiger partial charge on any atom is -0.357 e. The van der Waals surface area contributed by atoms with Crippen LogP contribution in [0.4, 0.5) is 5.82 Å². The van der Waals surface area contributed by atoms with Crippen LogP contribution in [0.15, 0.2) is 18.3 Å². The number of hydrogen-bond donors (Lipinski definition) is 1. The highest BCUT2D eigenvalue weighted by Gasteiger charge is 2.17. The molecule has 0 amide bonds. The first-order valence-electron chi connectivity index (χ1n) is 6.70. The first-order chi connectivity index (χ1) is 8.70. The molecule has 0 bridgehead atoms. The molecule has 1 aromatic heterocycles. The van der Waals surface area contributed by atoms with E-state index in [0.29, 0.717) is 0 Å². The van der Waals surface area contributed by atoms with Crippen LogP contribution in [0, 0.1) is 0 Å². The van der Waals surface area contributed by atoms with Crippen LogP contribution in [0.3, 0.4) is 0 Å². The molecule has 18 heavy (non-hydrogen) atoms. The van der Waals surface area contributed by atoms with E-state index < -0.39 is 0 Å². The van der Waals surface area contributed by atoms with Crippen LogP contribution in [0.25, 0.3) is 0 Å². The molecule has 2 atom stereocenters. The summed E-state index contributed by atoms with van der Waals surface area (Å²) in [4.78, 5) is 6.91. The Kier molecular flexibility index (Phi) is 4.89. The number of nitrogens with zero attached hydrogens (tertiary/aromatic N) is 2. The molecule has 100 valence electrons. The maximum Gasteiger partial charge on any atom is 0.128 e. The minimum absolute atomic E-state index is 0.0812. The Hall–Kier alpha value is -0.740. The lowest BCUT2D eigenvalue weighted by Gasteiger charge is -2.22. The van der Waals surface area contributed by atoms with Crippen LogP contribution < -0.4 is 10.6 Å². The third kappa shape index (κ3) is 3.39. The summed E-state index contributed by atoms with van der Waals surface area (Å²) in [7, 11) is 0. The molecule has 2 heterocycles.